The summed E-state index contributed by atoms with van der Waals surface area (Å²) in [5.41, 5.74) is -0.487. The van der Waals surface area contributed by atoms with Gasteiger partial charge in [-0.25, -0.2) is 0 Å². The van der Waals surface area contributed by atoms with Gasteiger partial charge in [0.1, 0.15) is 5.69 Å². The summed E-state index contributed by atoms with van der Waals surface area (Å²) in [6, 6.07) is 2.44. The van der Waals surface area contributed by atoms with Crippen LogP contribution in [-0.4, -0.2) is 16.7 Å². The van der Waals surface area contributed by atoms with Crippen LogP contribution in [0.25, 0.3) is 6.08 Å². The van der Waals surface area contributed by atoms with E-state index >= 15 is 0 Å². The van der Waals surface area contributed by atoms with E-state index in [9.17, 15) is 13.2 Å². The number of aromatic nitrogens is 1. The second-order valence-electron chi connectivity index (χ2n) is 2.89. The maximum atomic E-state index is 12.2. The molecule has 1 aromatic rings. The van der Waals surface area contributed by atoms with E-state index in [0.29, 0.717) is 12.0 Å². The zero-order chi connectivity index (χ0) is 11.3. The molecule has 0 saturated carbocycles. The maximum Gasteiger partial charge on any atom is 0.433 e. The lowest BCUT2D eigenvalue weighted by molar-refractivity contribution is -0.141. The van der Waals surface area contributed by atoms with Crippen LogP contribution in [0.4, 0.5) is 13.2 Å². The van der Waals surface area contributed by atoms with Crippen molar-refractivity contribution in [1.29, 1.82) is 0 Å². The molecule has 15 heavy (non-hydrogen) atoms. The monoisotopic (exact) mass is 217 g/mol. The predicted molar refractivity (Wildman–Crippen MR) is 50.0 cm³/mol. The van der Waals surface area contributed by atoms with E-state index in [2.05, 4.69) is 4.98 Å². The fourth-order valence-electron chi connectivity index (χ4n) is 1.000. The van der Waals surface area contributed by atoms with Gasteiger partial charge >= 0.3 is 6.18 Å². The Morgan fingerprint density at radius 2 is 2.13 bits per heavy atom. The fraction of sp³-hybridized carbons (Fsp3) is 0.300. The number of rotatable bonds is 3. The Bertz CT molecular complexity index is 347. The average Bonchev–Trinajstić information content (AvgIpc) is 2.17. The molecule has 1 N–H and O–H groups in total. The lowest BCUT2D eigenvalue weighted by atomic mass is 10.2. The van der Waals surface area contributed by atoms with Crippen molar-refractivity contribution in [2.75, 3.05) is 6.61 Å². The van der Waals surface area contributed by atoms with Gasteiger partial charge in [-0.2, -0.15) is 13.2 Å². The van der Waals surface area contributed by atoms with Crippen LogP contribution in [0.3, 0.4) is 0 Å². The second kappa shape index (κ2) is 4.93. The number of nitrogens with zero attached hydrogens (tertiary/aromatic N) is 1. The van der Waals surface area contributed by atoms with Crippen LogP contribution < -0.4 is 0 Å². The Labute approximate surface area is 85.1 Å². The fourth-order valence-corrected chi connectivity index (χ4v) is 1.000. The third-order valence-electron chi connectivity index (χ3n) is 1.68. The number of aliphatic hydroxyl groups is 1. The van der Waals surface area contributed by atoms with E-state index in [1.807, 2.05) is 0 Å². The highest BCUT2D eigenvalue weighted by Crippen LogP contribution is 2.27. The van der Waals surface area contributed by atoms with Crippen LogP contribution >= 0.6 is 0 Å². The summed E-state index contributed by atoms with van der Waals surface area (Å²) in [4.78, 5) is 3.23. The molecule has 0 bridgehead atoms. The number of hydrogen-bond acceptors (Lipinski definition) is 2. The molecule has 0 fully saturated rings. The summed E-state index contributed by atoms with van der Waals surface area (Å²) in [5, 5.41) is 8.48. The van der Waals surface area contributed by atoms with Crippen molar-refractivity contribution in [1.82, 2.24) is 4.98 Å². The standard InChI is InChI=1S/C10H10F3NO/c11-10(12,13)9-7-8(4-5-14-9)3-1-2-6-15/h1,3-5,7,15H,2,6H2. The first-order valence-corrected chi connectivity index (χ1v) is 4.34. The first kappa shape index (κ1) is 11.7. The number of hydrogen-bond donors (Lipinski definition) is 1. The summed E-state index contributed by atoms with van der Waals surface area (Å²) >= 11 is 0. The topological polar surface area (TPSA) is 33.1 Å². The summed E-state index contributed by atoms with van der Waals surface area (Å²) in [6.45, 7) is -0.0201. The van der Waals surface area contributed by atoms with E-state index < -0.39 is 11.9 Å². The Hall–Kier alpha value is -1.36. The number of alkyl halides is 3. The van der Waals surface area contributed by atoms with Gasteiger partial charge in [-0.15, -0.1) is 0 Å². The SMILES string of the molecule is OCCC=Cc1ccnc(C(F)(F)F)c1. The smallest absolute Gasteiger partial charge is 0.396 e. The summed E-state index contributed by atoms with van der Waals surface area (Å²) in [7, 11) is 0. The second-order valence-corrected chi connectivity index (χ2v) is 2.89. The van der Waals surface area contributed by atoms with Crippen molar-refractivity contribution < 1.29 is 18.3 Å². The minimum Gasteiger partial charge on any atom is -0.396 e. The van der Waals surface area contributed by atoms with Crippen molar-refractivity contribution in [3.05, 3.63) is 35.7 Å². The molecule has 0 aliphatic rings. The van der Waals surface area contributed by atoms with Crippen molar-refractivity contribution in [2.45, 2.75) is 12.6 Å². The Balaban J connectivity index is 2.84. The molecule has 0 saturated heterocycles. The Morgan fingerprint density at radius 3 is 2.73 bits per heavy atom. The molecular weight excluding hydrogens is 207 g/mol. The largest absolute Gasteiger partial charge is 0.433 e. The zero-order valence-corrected chi connectivity index (χ0v) is 7.83. The van der Waals surface area contributed by atoms with Crippen LogP contribution in [-0.2, 0) is 6.18 Å². The van der Waals surface area contributed by atoms with Gasteiger partial charge in [0, 0.05) is 12.8 Å². The van der Waals surface area contributed by atoms with Gasteiger partial charge in [-0.05, 0) is 24.1 Å². The highest BCUT2D eigenvalue weighted by Gasteiger charge is 2.32. The Morgan fingerprint density at radius 1 is 1.40 bits per heavy atom. The quantitative estimate of drug-likeness (QED) is 0.843. The van der Waals surface area contributed by atoms with Crippen molar-refractivity contribution in [3.63, 3.8) is 0 Å². The van der Waals surface area contributed by atoms with Crippen molar-refractivity contribution in [3.8, 4) is 0 Å². The third kappa shape index (κ3) is 3.71. The lowest BCUT2D eigenvalue weighted by Crippen LogP contribution is -2.07. The third-order valence-corrected chi connectivity index (χ3v) is 1.68. The highest BCUT2D eigenvalue weighted by atomic mass is 19.4. The molecule has 0 radical (unpaired) electrons. The van der Waals surface area contributed by atoms with Crippen LogP contribution in [0.5, 0.6) is 0 Å². The van der Waals surface area contributed by atoms with Gasteiger partial charge in [0.25, 0.3) is 0 Å². The molecule has 0 spiro atoms. The first-order chi connectivity index (χ1) is 7.04. The molecule has 1 rings (SSSR count). The van der Waals surface area contributed by atoms with Crippen LogP contribution in [0, 0.1) is 0 Å². The minimum absolute atomic E-state index is 0.0201. The minimum atomic E-state index is -4.42. The molecule has 0 amide bonds. The summed E-state index contributed by atoms with van der Waals surface area (Å²) in [6.07, 6.45) is 0.245. The van der Waals surface area contributed by atoms with Crippen LogP contribution in [0.15, 0.2) is 24.4 Å². The van der Waals surface area contributed by atoms with E-state index in [4.69, 9.17) is 5.11 Å². The number of halogens is 3. The van der Waals surface area contributed by atoms with E-state index in [1.54, 1.807) is 6.08 Å². The zero-order valence-electron chi connectivity index (χ0n) is 7.83. The summed E-state index contributed by atoms with van der Waals surface area (Å²) < 4.78 is 36.7. The van der Waals surface area contributed by atoms with Crippen molar-refractivity contribution >= 4 is 6.08 Å². The van der Waals surface area contributed by atoms with Gasteiger partial charge < -0.3 is 5.11 Å². The molecule has 0 unspecified atom stereocenters. The molecule has 0 aliphatic heterocycles. The molecule has 1 aromatic heterocycles. The molecule has 1 heterocycles. The van der Waals surface area contributed by atoms with Crippen LogP contribution in [0.2, 0.25) is 0 Å². The van der Waals surface area contributed by atoms with Gasteiger partial charge in [0.15, 0.2) is 0 Å². The highest BCUT2D eigenvalue weighted by molar-refractivity contribution is 5.49. The van der Waals surface area contributed by atoms with Gasteiger partial charge in [-0.3, -0.25) is 4.98 Å². The Kier molecular flexibility index (Phi) is 3.85. The number of pyridine rings is 1. The molecule has 0 aromatic carbocycles. The molecule has 82 valence electrons. The van der Waals surface area contributed by atoms with Gasteiger partial charge in [-0.1, -0.05) is 12.2 Å². The molecule has 2 nitrogen and oxygen atoms in total. The average molecular weight is 217 g/mol. The molecule has 0 atom stereocenters. The first-order valence-electron chi connectivity index (χ1n) is 4.34. The predicted octanol–water partition coefficient (Wildman–Crippen LogP) is 2.50. The van der Waals surface area contributed by atoms with Crippen molar-refractivity contribution in [2.24, 2.45) is 0 Å². The van der Waals surface area contributed by atoms with E-state index in [1.165, 1.54) is 12.1 Å². The summed E-state index contributed by atoms with van der Waals surface area (Å²) in [5.74, 6) is 0. The molecular formula is C10H10F3NO. The molecule has 0 aliphatic carbocycles. The van der Waals surface area contributed by atoms with E-state index in [-0.39, 0.29) is 6.61 Å². The maximum absolute atomic E-state index is 12.2. The van der Waals surface area contributed by atoms with E-state index in [0.717, 1.165) is 12.3 Å². The van der Waals surface area contributed by atoms with Gasteiger partial charge in [0.05, 0.1) is 0 Å². The number of aliphatic hydroxyl groups excluding tert-OH is 1. The molecule has 5 heteroatoms. The van der Waals surface area contributed by atoms with Gasteiger partial charge in [0.2, 0.25) is 0 Å². The normalized spacial score (nSPS) is 12.3. The lowest BCUT2D eigenvalue weighted by Gasteiger charge is -2.05. The van der Waals surface area contributed by atoms with Crippen LogP contribution in [0.1, 0.15) is 17.7 Å².